The highest BCUT2D eigenvalue weighted by Gasteiger charge is 2.19. The van der Waals surface area contributed by atoms with Crippen LogP contribution < -0.4 is 0 Å². The molecule has 12 aromatic rings. The van der Waals surface area contributed by atoms with Gasteiger partial charge in [0, 0.05) is 49.6 Å². The van der Waals surface area contributed by atoms with Gasteiger partial charge in [-0.15, -0.1) is 0 Å². The zero-order chi connectivity index (χ0) is 39.6. The van der Waals surface area contributed by atoms with Crippen LogP contribution in [0.2, 0.25) is 0 Å². The number of hydrogen-bond acceptors (Lipinski definition) is 2. The molecule has 0 radical (unpaired) electrons. The summed E-state index contributed by atoms with van der Waals surface area (Å²) in [5.74, 6) is 0.706. The molecule has 0 fully saturated rings. The predicted octanol–water partition coefficient (Wildman–Crippen LogP) is 14.5. The first kappa shape index (κ1) is 34.0. The van der Waals surface area contributed by atoms with Crippen molar-refractivity contribution in [2.75, 3.05) is 0 Å². The van der Waals surface area contributed by atoms with E-state index in [-0.39, 0.29) is 0 Å². The van der Waals surface area contributed by atoms with Crippen LogP contribution in [0.25, 0.3) is 111 Å². The third-order valence-corrected chi connectivity index (χ3v) is 11.9. The highest BCUT2D eigenvalue weighted by Crippen LogP contribution is 2.41. The summed E-state index contributed by atoms with van der Waals surface area (Å²) in [5.41, 5.74) is 14.3. The number of para-hydroxylation sites is 3. The predicted molar refractivity (Wildman–Crippen MR) is 250 cm³/mol. The summed E-state index contributed by atoms with van der Waals surface area (Å²) >= 11 is 0. The quantitative estimate of drug-likeness (QED) is 0.169. The Labute approximate surface area is 346 Å². The molecule has 0 N–H and O–H groups in total. The fourth-order valence-corrected chi connectivity index (χ4v) is 9.21. The van der Waals surface area contributed by atoms with Gasteiger partial charge >= 0.3 is 0 Å². The molecule has 0 aliphatic carbocycles. The van der Waals surface area contributed by atoms with Crippen molar-refractivity contribution in [3.8, 4) is 56.4 Å². The second-order valence-corrected chi connectivity index (χ2v) is 15.4. The Morgan fingerprint density at radius 1 is 0.300 bits per heavy atom. The highest BCUT2D eigenvalue weighted by atomic mass is 15.0. The molecule has 12 rings (SSSR count). The van der Waals surface area contributed by atoms with Crippen molar-refractivity contribution in [3.63, 3.8) is 0 Å². The molecule has 0 saturated heterocycles. The summed E-state index contributed by atoms with van der Waals surface area (Å²) in [6, 6.07) is 78.0. The molecule has 60 heavy (non-hydrogen) atoms. The van der Waals surface area contributed by atoms with Gasteiger partial charge in [0.15, 0.2) is 5.82 Å². The van der Waals surface area contributed by atoms with Crippen LogP contribution in [0.15, 0.2) is 218 Å². The molecule has 0 atom stereocenters. The minimum Gasteiger partial charge on any atom is -0.309 e. The standard InChI is InChI=1S/C56H36N4/c1-3-16-39(17-4-1)56-57-49(36-50(58-56)45-25-13-18-37-15-7-8-21-43(37)45)38-29-32-42(33-30-38)60-52-27-12-10-23-47(52)55-44(24-14-28-54(55)60)40-31-34-53-48(35-40)46-22-9-11-26-51(46)59(53)41-19-5-2-6-20-41/h1-36H. The van der Waals surface area contributed by atoms with Gasteiger partial charge < -0.3 is 9.13 Å². The van der Waals surface area contributed by atoms with E-state index in [1.165, 1.54) is 65.5 Å². The van der Waals surface area contributed by atoms with Crippen molar-refractivity contribution in [1.29, 1.82) is 0 Å². The fraction of sp³-hybridized carbons (Fsp3) is 0. The lowest BCUT2D eigenvalue weighted by Gasteiger charge is -2.12. The van der Waals surface area contributed by atoms with Crippen molar-refractivity contribution < 1.29 is 0 Å². The van der Waals surface area contributed by atoms with Crippen LogP contribution in [0.1, 0.15) is 0 Å². The van der Waals surface area contributed by atoms with E-state index in [1.807, 2.05) is 18.2 Å². The second-order valence-electron chi connectivity index (χ2n) is 15.4. The van der Waals surface area contributed by atoms with Crippen molar-refractivity contribution in [2.45, 2.75) is 0 Å². The minimum atomic E-state index is 0.706. The Hall–Kier alpha value is -8.08. The second kappa shape index (κ2) is 13.8. The maximum absolute atomic E-state index is 5.16. The van der Waals surface area contributed by atoms with E-state index in [2.05, 4.69) is 209 Å². The first-order valence-electron chi connectivity index (χ1n) is 20.4. The molecule has 0 unspecified atom stereocenters. The molecular weight excluding hydrogens is 729 g/mol. The maximum atomic E-state index is 5.16. The van der Waals surface area contributed by atoms with Crippen LogP contribution in [0.5, 0.6) is 0 Å². The summed E-state index contributed by atoms with van der Waals surface area (Å²) in [6.45, 7) is 0. The summed E-state index contributed by atoms with van der Waals surface area (Å²) in [5, 5.41) is 7.31. The average Bonchev–Trinajstić information content (AvgIpc) is 3.84. The molecule has 0 amide bonds. The van der Waals surface area contributed by atoms with Crippen LogP contribution in [0, 0.1) is 0 Å². The normalized spacial score (nSPS) is 11.7. The van der Waals surface area contributed by atoms with Crippen LogP contribution >= 0.6 is 0 Å². The number of rotatable bonds is 6. The number of nitrogens with zero attached hydrogens (tertiary/aromatic N) is 4. The van der Waals surface area contributed by atoms with Gasteiger partial charge in [0.05, 0.1) is 33.5 Å². The van der Waals surface area contributed by atoms with Crippen LogP contribution in [0.4, 0.5) is 0 Å². The van der Waals surface area contributed by atoms with Crippen molar-refractivity contribution in [2.24, 2.45) is 0 Å². The first-order chi connectivity index (χ1) is 29.8. The molecular formula is C56H36N4. The van der Waals surface area contributed by atoms with Gasteiger partial charge in [0.1, 0.15) is 0 Å². The maximum Gasteiger partial charge on any atom is 0.160 e. The smallest absolute Gasteiger partial charge is 0.160 e. The van der Waals surface area contributed by atoms with Gasteiger partial charge in [-0.25, -0.2) is 9.97 Å². The van der Waals surface area contributed by atoms with E-state index in [9.17, 15) is 0 Å². The Morgan fingerprint density at radius 3 is 1.67 bits per heavy atom. The van der Waals surface area contributed by atoms with Gasteiger partial charge in [-0.2, -0.15) is 0 Å². The van der Waals surface area contributed by atoms with Gasteiger partial charge in [0.25, 0.3) is 0 Å². The third kappa shape index (κ3) is 5.46. The lowest BCUT2D eigenvalue weighted by molar-refractivity contribution is 1.17. The lowest BCUT2D eigenvalue weighted by atomic mass is 9.98. The van der Waals surface area contributed by atoms with E-state index >= 15 is 0 Å². The number of aromatic nitrogens is 4. The zero-order valence-electron chi connectivity index (χ0n) is 32.6. The topological polar surface area (TPSA) is 35.6 Å². The molecule has 0 aliphatic rings. The molecule has 280 valence electrons. The van der Waals surface area contributed by atoms with E-state index in [0.717, 1.165) is 39.5 Å². The molecule has 4 nitrogen and oxygen atoms in total. The van der Waals surface area contributed by atoms with Gasteiger partial charge in [-0.3, -0.25) is 0 Å². The Bertz CT molecular complexity index is 3580. The molecule has 4 heteroatoms. The largest absolute Gasteiger partial charge is 0.309 e. The Kier molecular flexibility index (Phi) is 7.82. The molecule has 0 spiro atoms. The minimum absolute atomic E-state index is 0.706. The number of benzene rings is 9. The average molecular weight is 765 g/mol. The molecule has 0 saturated carbocycles. The first-order valence-corrected chi connectivity index (χ1v) is 20.4. The zero-order valence-corrected chi connectivity index (χ0v) is 32.6. The summed E-state index contributed by atoms with van der Waals surface area (Å²) in [6.07, 6.45) is 0. The number of fused-ring (bicyclic) bond motifs is 7. The van der Waals surface area contributed by atoms with Crippen molar-refractivity contribution in [1.82, 2.24) is 19.1 Å². The van der Waals surface area contributed by atoms with E-state index in [4.69, 9.17) is 9.97 Å². The van der Waals surface area contributed by atoms with Gasteiger partial charge in [-0.1, -0.05) is 158 Å². The van der Waals surface area contributed by atoms with E-state index in [1.54, 1.807) is 0 Å². The highest BCUT2D eigenvalue weighted by molar-refractivity contribution is 6.17. The van der Waals surface area contributed by atoms with Gasteiger partial charge in [-0.05, 0) is 82.6 Å². The molecule has 0 aliphatic heterocycles. The van der Waals surface area contributed by atoms with Crippen LogP contribution in [0.3, 0.4) is 0 Å². The van der Waals surface area contributed by atoms with E-state index in [0.29, 0.717) is 5.82 Å². The fourth-order valence-electron chi connectivity index (χ4n) is 9.21. The summed E-state index contributed by atoms with van der Waals surface area (Å²) in [7, 11) is 0. The Balaban J connectivity index is 0.996. The van der Waals surface area contributed by atoms with Crippen LogP contribution in [-0.4, -0.2) is 19.1 Å². The van der Waals surface area contributed by atoms with E-state index < -0.39 is 0 Å². The SMILES string of the molecule is c1ccc(-c2nc(-c3ccc(-n4c5ccccc5c5c(-c6ccc7c(c6)c6ccccc6n7-c6ccccc6)cccc54)cc3)cc(-c3cccc4ccccc34)n2)cc1. The Morgan fingerprint density at radius 2 is 0.850 bits per heavy atom. The van der Waals surface area contributed by atoms with Crippen molar-refractivity contribution in [3.05, 3.63) is 218 Å². The van der Waals surface area contributed by atoms with Crippen molar-refractivity contribution >= 4 is 54.4 Å². The monoisotopic (exact) mass is 764 g/mol. The molecule has 9 aromatic carbocycles. The summed E-state index contributed by atoms with van der Waals surface area (Å²) < 4.78 is 4.77. The number of hydrogen-bond donors (Lipinski definition) is 0. The molecule has 0 bridgehead atoms. The van der Waals surface area contributed by atoms with Gasteiger partial charge in [0.2, 0.25) is 0 Å². The summed E-state index contributed by atoms with van der Waals surface area (Å²) in [4.78, 5) is 10.3. The third-order valence-electron chi connectivity index (χ3n) is 11.9. The molecule has 3 heterocycles. The molecule has 3 aromatic heterocycles. The van der Waals surface area contributed by atoms with Crippen LogP contribution in [-0.2, 0) is 0 Å². The lowest BCUT2D eigenvalue weighted by Crippen LogP contribution is -1.97.